The van der Waals surface area contributed by atoms with Crippen LogP contribution in [0.1, 0.15) is 0 Å². The molecule has 57 heavy (non-hydrogen) atoms. The number of aromatic nitrogens is 3. The molecular formula is C52H29N3S2. The monoisotopic (exact) mass is 759 g/mol. The van der Waals surface area contributed by atoms with E-state index in [0.29, 0.717) is 0 Å². The van der Waals surface area contributed by atoms with Crippen molar-refractivity contribution in [2.45, 2.75) is 0 Å². The summed E-state index contributed by atoms with van der Waals surface area (Å²) in [7, 11) is 0. The summed E-state index contributed by atoms with van der Waals surface area (Å²) in [4.78, 5) is 10.7. The first-order chi connectivity index (χ1) is 28.3. The van der Waals surface area contributed by atoms with Gasteiger partial charge in [0.05, 0.1) is 37.3 Å². The van der Waals surface area contributed by atoms with Crippen molar-refractivity contribution in [2.24, 2.45) is 0 Å². The molecule has 0 bridgehead atoms. The highest BCUT2D eigenvalue weighted by Gasteiger charge is 2.26. The zero-order valence-electron chi connectivity index (χ0n) is 30.4. The predicted octanol–water partition coefficient (Wildman–Crippen LogP) is 15.1. The third kappa shape index (κ3) is 4.35. The van der Waals surface area contributed by atoms with E-state index in [9.17, 15) is 0 Å². The van der Waals surface area contributed by atoms with E-state index in [1.54, 1.807) is 0 Å². The van der Waals surface area contributed by atoms with Crippen molar-refractivity contribution < 1.29 is 0 Å². The minimum atomic E-state index is 0.734. The standard InChI is InChI=1S/C52H29N3S2/c1-2-15-31(16-3-1)47-35-20-8-11-23-40(35)53-52(54-47)39-28-29-41(50-46(39)37-22-10-12-24-42(37)56-50)55-48-32-17-5-4-14-30(32)26-27-38(48)44-33-18-6-7-19-34(33)45-36-21-9-13-25-43(36)57-51(45)49(44)55/h1-29H. The number of hydrogen-bond donors (Lipinski definition) is 0. The third-order valence-corrected chi connectivity index (χ3v) is 14.1. The molecule has 9 aromatic carbocycles. The zero-order valence-corrected chi connectivity index (χ0v) is 32.0. The highest BCUT2D eigenvalue weighted by atomic mass is 32.1. The van der Waals surface area contributed by atoms with E-state index in [0.717, 1.165) is 33.5 Å². The molecule has 0 spiro atoms. The van der Waals surface area contributed by atoms with Gasteiger partial charge in [0, 0.05) is 63.6 Å². The molecule has 264 valence electrons. The fraction of sp³-hybridized carbons (Fsp3) is 0. The molecule has 0 atom stereocenters. The SMILES string of the molecule is c1ccc(-c2nc(-c3ccc(-n4c5c6ccccc6ccc5c5c6ccccc6c6c7ccccc7sc6c54)c4sc5ccccc5c34)nc3ccccc23)cc1. The lowest BCUT2D eigenvalue weighted by atomic mass is 9.98. The predicted molar refractivity (Wildman–Crippen MR) is 246 cm³/mol. The zero-order chi connectivity index (χ0) is 37.2. The summed E-state index contributed by atoms with van der Waals surface area (Å²) in [6.45, 7) is 0. The van der Waals surface area contributed by atoms with Crippen molar-refractivity contribution in [3.05, 3.63) is 176 Å². The van der Waals surface area contributed by atoms with Gasteiger partial charge in [-0.15, -0.1) is 22.7 Å². The Bertz CT molecular complexity index is 3820. The number of hydrogen-bond acceptors (Lipinski definition) is 4. The Labute approximate surface area is 334 Å². The second-order valence-electron chi connectivity index (χ2n) is 14.8. The molecule has 4 aromatic heterocycles. The molecule has 0 amide bonds. The summed E-state index contributed by atoms with van der Waals surface area (Å²) >= 11 is 3.77. The van der Waals surface area contributed by atoms with Gasteiger partial charge in [0.25, 0.3) is 0 Å². The van der Waals surface area contributed by atoms with Crippen molar-refractivity contribution in [3.63, 3.8) is 0 Å². The summed E-state index contributed by atoms with van der Waals surface area (Å²) < 4.78 is 7.69. The molecule has 13 rings (SSSR count). The van der Waals surface area contributed by atoms with Crippen LogP contribution >= 0.6 is 22.7 Å². The van der Waals surface area contributed by atoms with Gasteiger partial charge in [-0.1, -0.05) is 146 Å². The molecule has 0 saturated carbocycles. The highest BCUT2D eigenvalue weighted by Crippen LogP contribution is 2.51. The minimum absolute atomic E-state index is 0.734. The first-order valence-corrected chi connectivity index (χ1v) is 20.9. The van der Waals surface area contributed by atoms with E-state index >= 15 is 0 Å². The Morgan fingerprint density at radius 3 is 1.79 bits per heavy atom. The quantitative estimate of drug-likeness (QED) is 0.180. The number of nitrogens with zero attached hydrogens (tertiary/aromatic N) is 3. The van der Waals surface area contributed by atoms with Crippen LogP contribution in [0.5, 0.6) is 0 Å². The molecule has 5 heteroatoms. The molecule has 0 saturated heterocycles. The fourth-order valence-electron chi connectivity index (χ4n) is 9.37. The summed E-state index contributed by atoms with van der Waals surface area (Å²) in [6.07, 6.45) is 0. The summed E-state index contributed by atoms with van der Waals surface area (Å²) in [5, 5.41) is 13.7. The molecule has 0 radical (unpaired) electrons. The molecule has 0 aliphatic rings. The summed E-state index contributed by atoms with van der Waals surface area (Å²) in [6, 6.07) is 63.7. The van der Waals surface area contributed by atoms with Crippen molar-refractivity contribution in [1.29, 1.82) is 0 Å². The smallest absolute Gasteiger partial charge is 0.161 e. The largest absolute Gasteiger partial charge is 0.306 e. The number of rotatable bonds is 3. The maximum absolute atomic E-state index is 5.40. The lowest BCUT2D eigenvalue weighted by Crippen LogP contribution is -1.98. The van der Waals surface area contributed by atoms with Crippen LogP contribution in [0.3, 0.4) is 0 Å². The average Bonchev–Trinajstić information content (AvgIpc) is 3.97. The highest BCUT2D eigenvalue weighted by molar-refractivity contribution is 7.27. The minimum Gasteiger partial charge on any atom is -0.306 e. The Morgan fingerprint density at radius 1 is 0.386 bits per heavy atom. The van der Waals surface area contributed by atoms with Gasteiger partial charge in [-0.2, -0.15) is 0 Å². The van der Waals surface area contributed by atoms with Crippen LogP contribution in [0.15, 0.2) is 176 Å². The second kappa shape index (κ2) is 11.8. The Hall–Kier alpha value is -6.92. The molecule has 0 fully saturated rings. The lowest BCUT2D eigenvalue weighted by Gasteiger charge is -2.15. The summed E-state index contributed by atoms with van der Waals surface area (Å²) in [5.41, 5.74) is 7.67. The van der Waals surface area contributed by atoms with E-state index in [-0.39, 0.29) is 0 Å². The van der Waals surface area contributed by atoms with Crippen LogP contribution < -0.4 is 0 Å². The number of benzene rings is 9. The van der Waals surface area contributed by atoms with Gasteiger partial charge in [0.15, 0.2) is 5.82 Å². The first-order valence-electron chi connectivity index (χ1n) is 19.3. The first kappa shape index (κ1) is 31.3. The van der Waals surface area contributed by atoms with E-state index in [4.69, 9.17) is 9.97 Å². The summed E-state index contributed by atoms with van der Waals surface area (Å²) in [5.74, 6) is 0.734. The number of para-hydroxylation sites is 1. The van der Waals surface area contributed by atoms with E-state index in [1.165, 1.54) is 89.4 Å². The van der Waals surface area contributed by atoms with Crippen LogP contribution in [0, 0.1) is 0 Å². The van der Waals surface area contributed by atoms with Gasteiger partial charge in [0.2, 0.25) is 0 Å². The second-order valence-corrected chi connectivity index (χ2v) is 16.9. The normalized spacial score (nSPS) is 12.2. The van der Waals surface area contributed by atoms with Gasteiger partial charge in [0.1, 0.15) is 0 Å². The molecular weight excluding hydrogens is 731 g/mol. The third-order valence-electron chi connectivity index (χ3n) is 11.8. The molecule has 0 aliphatic carbocycles. The average molecular weight is 760 g/mol. The molecule has 0 unspecified atom stereocenters. The van der Waals surface area contributed by atoms with Crippen LogP contribution in [-0.2, 0) is 0 Å². The lowest BCUT2D eigenvalue weighted by molar-refractivity contribution is 1.21. The van der Waals surface area contributed by atoms with Gasteiger partial charge in [-0.05, 0) is 46.5 Å². The van der Waals surface area contributed by atoms with E-state index in [1.807, 2.05) is 22.7 Å². The number of fused-ring (bicyclic) bond motifs is 16. The molecule has 0 aliphatic heterocycles. The molecule has 0 N–H and O–H groups in total. The maximum atomic E-state index is 5.40. The molecule has 13 aromatic rings. The van der Waals surface area contributed by atoms with Crippen molar-refractivity contribution in [3.8, 4) is 28.3 Å². The molecule has 4 heterocycles. The van der Waals surface area contributed by atoms with Crippen molar-refractivity contribution in [2.75, 3.05) is 0 Å². The molecule has 3 nitrogen and oxygen atoms in total. The van der Waals surface area contributed by atoms with Crippen LogP contribution in [-0.4, -0.2) is 14.5 Å². The van der Waals surface area contributed by atoms with Gasteiger partial charge >= 0.3 is 0 Å². The van der Waals surface area contributed by atoms with Crippen LogP contribution in [0.4, 0.5) is 0 Å². The van der Waals surface area contributed by atoms with Gasteiger partial charge in [-0.3, -0.25) is 0 Å². The Morgan fingerprint density at radius 2 is 1.00 bits per heavy atom. The van der Waals surface area contributed by atoms with E-state index < -0.39 is 0 Å². The topological polar surface area (TPSA) is 30.7 Å². The van der Waals surface area contributed by atoms with Crippen LogP contribution in [0.2, 0.25) is 0 Å². The van der Waals surface area contributed by atoms with E-state index in [2.05, 4.69) is 180 Å². The van der Waals surface area contributed by atoms with Gasteiger partial charge in [-0.25, -0.2) is 9.97 Å². The van der Waals surface area contributed by atoms with Crippen molar-refractivity contribution >= 4 is 117 Å². The van der Waals surface area contributed by atoms with Crippen molar-refractivity contribution in [1.82, 2.24) is 14.5 Å². The van der Waals surface area contributed by atoms with Crippen LogP contribution in [0.25, 0.3) is 123 Å². The fourth-order valence-corrected chi connectivity index (χ4v) is 11.9. The van der Waals surface area contributed by atoms with Gasteiger partial charge < -0.3 is 4.57 Å². The number of thiophene rings is 2. The Kier molecular flexibility index (Phi) is 6.48. The Balaban J connectivity index is 1.23. The maximum Gasteiger partial charge on any atom is 0.161 e.